The van der Waals surface area contributed by atoms with Gasteiger partial charge in [-0.25, -0.2) is 0 Å². The van der Waals surface area contributed by atoms with Gasteiger partial charge in [-0.3, -0.25) is 0 Å². The minimum Gasteiger partial charge on any atom is -0.368 e. The molecule has 2 aliphatic carbocycles. The van der Waals surface area contributed by atoms with Crippen LogP contribution in [0.25, 0.3) is 22.3 Å². The largest absolute Gasteiger partial charge is 0.368 e. The van der Waals surface area contributed by atoms with E-state index in [-0.39, 0.29) is 22.3 Å². The van der Waals surface area contributed by atoms with Gasteiger partial charge in [-0.2, -0.15) is 0 Å². The Morgan fingerprint density at radius 1 is 0.326 bits per heavy atom. The Morgan fingerprint density at radius 3 is 0.895 bits per heavy atom. The average Bonchev–Trinajstić information content (AvgIpc) is 2.47. The summed E-state index contributed by atoms with van der Waals surface area (Å²) in [6, 6.07) is 67.3. The van der Waals surface area contributed by atoms with Crippen LogP contribution < -0.4 is 9.80 Å². The second-order valence-electron chi connectivity index (χ2n) is 20.3. The first-order valence-electron chi connectivity index (χ1n) is 32.7. The van der Waals surface area contributed by atoms with Gasteiger partial charge < -0.3 is 9.80 Å². The topological polar surface area (TPSA) is 6.48 Å². The Hall–Kier alpha value is -6.64. The standard InChI is InChI=1S/C20H25N.2C13H10.C12H17N.C11H16.6C2H6.3CH4/c1-5-17-10-14(2)11-18(12-17)13-21-16(4)15(3)19-8-6-7-9-20(19)21;2*1-3-7-12-10(5-1)9-11-6-2-4-8-13(11)12;1-4-13-10(3)9(2)11-7-5-6-8-12(11)13;1-4-10-6-9(3)7-11(5-2)8-10;6*1-2;;;/h6-12,15-16H,5,13H2,1-4H3;2*1-8H,9H2;5-10H,4H2,1-3H3;6-8H,4-5H2,1-3H3;6*1-2H3;3*1H4/t15-,16+;;;9-,10+;;;;;;;;;;/m1..0........../s1. The molecule has 2 heteroatoms. The summed E-state index contributed by atoms with van der Waals surface area (Å²) in [5.74, 6) is 1.29. The number of likely N-dealkylation sites (N-methyl/N-ethyl adjacent to an activating group) is 1. The Morgan fingerprint density at radius 2 is 0.581 bits per heavy atom. The van der Waals surface area contributed by atoms with Crippen LogP contribution in [0.5, 0.6) is 0 Å². The van der Waals surface area contributed by atoms with Gasteiger partial charge in [0.25, 0.3) is 0 Å². The van der Waals surface area contributed by atoms with E-state index in [9.17, 15) is 0 Å². The summed E-state index contributed by atoms with van der Waals surface area (Å²) in [5, 5.41) is 0. The Balaban J connectivity index is 0. The van der Waals surface area contributed by atoms with E-state index < -0.39 is 0 Å². The van der Waals surface area contributed by atoms with Crippen molar-refractivity contribution in [1.82, 2.24) is 0 Å². The van der Waals surface area contributed by atoms with Crippen molar-refractivity contribution < 1.29 is 0 Å². The molecule has 86 heavy (non-hydrogen) atoms. The van der Waals surface area contributed by atoms with E-state index in [1.165, 1.54) is 100 Å². The highest BCUT2D eigenvalue weighted by atomic mass is 15.2. The molecule has 4 atom stereocenters. The molecule has 2 heterocycles. The second-order valence-corrected chi connectivity index (χ2v) is 20.3. The molecular weight excluding hydrogens is 1040 g/mol. The van der Waals surface area contributed by atoms with E-state index in [0.29, 0.717) is 23.9 Å². The zero-order chi connectivity index (χ0) is 62.0. The zero-order valence-corrected chi connectivity index (χ0v) is 56.5. The first-order chi connectivity index (χ1) is 40.5. The summed E-state index contributed by atoms with van der Waals surface area (Å²) in [7, 11) is 0. The second kappa shape index (κ2) is 44.8. The van der Waals surface area contributed by atoms with Gasteiger partial charge in [0.05, 0.1) is 0 Å². The smallest absolute Gasteiger partial charge is 0.0433 e. The average molecular weight is 1160 g/mol. The van der Waals surface area contributed by atoms with Gasteiger partial charge in [0.1, 0.15) is 0 Å². The van der Waals surface area contributed by atoms with Gasteiger partial charge in [0.2, 0.25) is 0 Å². The number of aryl methyl sites for hydroxylation is 5. The number of para-hydroxylation sites is 2. The Bertz CT molecular complexity index is 2830. The molecule has 12 rings (SSSR count). The number of hydrogen-bond donors (Lipinski definition) is 0. The molecule has 0 radical (unpaired) electrons. The predicted octanol–water partition coefficient (Wildman–Crippen LogP) is 25.8. The molecule has 4 aliphatic rings. The fourth-order valence-electron chi connectivity index (χ4n) is 11.4. The molecule has 0 saturated carbocycles. The monoisotopic (exact) mass is 1160 g/mol. The number of fused-ring (bicyclic) bond motifs is 8. The van der Waals surface area contributed by atoms with Gasteiger partial charge in [-0.05, 0) is 157 Å². The first-order valence-corrected chi connectivity index (χ1v) is 32.7. The van der Waals surface area contributed by atoms with Crippen molar-refractivity contribution in [2.75, 3.05) is 16.3 Å². The molecule has 0 amide bonds. The molecule has 2 nitrogen and oxygen atoms in total. The summed E-state index contributed by atoms with van der Waals surface area (Å²) in [5.41, 5.74) is 25.9. The van der Waals surface area contributed by atoms with Crippen molar-refractivity contribution in [3.05, 3.63) is 249 Å². The van der Waals surface area contributed by atoms with Gasteiger partial charge in [-0.1, -0.05) is 321 Å². The van der Waals surface area contributed by atoms with E-state index in [1.54, 1.807) is 0 Å². The third-order valence-corrected chi connectivity index (χ3v) is 15.6. The van der Waals surface area contributed by atoms with Crippen molar-refractivity contribution >= 4 is 11.4 Å². The molecule has 2 aliphatic heterocycles. The maximum Gasteiger partial charge on any atom is 0.0433 e. The highest BCUT2D eigenvalue weighted by Gasteiger charge is 2.32. The molecule has 0 spiro atoms. The van der Waals surface area contributed by atoms with E-state index in [2.05, 4.69) is 261 Å². The number of nitrogens with zero attached hydrogens (tertiary/aromatic N) is 2. The summed E-state index contributed by atoms with van der Waals surface area (Å²) in [4.78, 5) is 5.05. The molecule has 0 bridgehead atoms. The fourth-order valence-corrected chi connectivity index (χ4v) is 11.4. The molecule has 0 fully saturated rings. The molecular formula is C84H126N2. The lowest BCUT2D eigenvalue weighted by Gasteiger charge is -2.27. The van der Waals surface area contributed by atoms with Crippen LogP contribution in [0.3, 0.4) is 0 Å². The molecule has 0 saturated heterocycles. The van der Waals surface area contributed by atoms with Crippen molar-refractivity contribution in [2.45, 2.75) is 237 Å². The number of benzene rings is 8. The van der Waals surface area contributed by atoms with E-state index in [0.717, 1.165) is 45.2 Å². The molecule has 0 unspecified atom stereocenters. The lowest BCUT2D eigenvalue weighted by molar-refractivity contribution is 0.591. The van der Waals surface area contributed by atoms with Crippen LogP contribution in [0, 0.1) is 13.8 Å². The summed E-state index contributed by atoms with van der Waals surface area (Å²) >= 11 is 0. The van der Waals surface area contributed by atoms with Crippen LogP contribution in [-0.4, -0.2) is 18.6 Å². The van der Waals surface area contributed by atoms with Gasteiger partial charge in [0, 0.05) is 48.4 Å². The van der Waals surface area contributed by atoms with Crippen LogP contribution in [0.2, 0.25) is 0 Å². The van der Waals surface area contributed by atoms with Crippen LogP contribution in [0.15, 0.2) is 182 Å². The zero-order valence-electron chi connectivity index (χ0n) is 56.5. The van der Waals surface area contributed by atoms with Crippen molar-refractivity contribution in [2.24, 2.45) is 0 Å². The highest BCUT2D eigenvalue weighted by molar-refractivity contribution is 5.77. The molecule has 0 aromatic heterocycles. The normalized spacial score (nSPS) is 14.4. The molecule has 472 valence electrons. The molecule has 8 aromatic rings. The lowest BCUT2D eigenvalue weighted by atomic mass is 9.98. The van der Waals surface area contributed by atoms with Crippen LogP contribution >= 0.6 is 0 Å². The highest BCUT2D eigenvalue weighted by Crippen LogP contribution is 2.42. The van der Waals surface area contributed by atoms with E-state index in [4.69, 9.17) is 0 Å². The van der Waals surface area contributed by atoms with E-state index >= 15 is 0 Å². The number of hydrogen-bond acceptors (Lipinski definition) is 2. The Kier molecular flexibility index (Phi) is 42.4. The van der Waals surface area contributed by atoms with Gasteiger partial charge in [0.15, 0.2) is 0 Å². The number of rotatable bonds is 6. The summed E-state index contributed by atoms with van der Waals surface area (Å²) in [6.45, 7) is 48.7. The van der Waals surface area contributed by atoms with Crippen molar-refractivity contribution in [3.63, 3.8) is 0 Å². The maximum atomic E-state index is 2.56. The minimum atomic E-state index is 0. The van der Waals surface area contributed by atoms with Crippen LogP contribution in [0.4, 0.5) is 11.4 Å². The SMILES string of the molecule is C.C.C.CC.CC.CC.CC.CC.CC.CCN1c2ccccc2[C@@H](C)[C@H]1C.CCc1cc(C)cc(CC)c1.CCc1cc(C)cc(CN2c3ccccc3[C@H](C)[C@@H]2C)c1.c1ccc2c(c1)Cc1ccccc1-2.c1ccc2c(c1)Cc1ccccc1-2. The predicted molar refractivity (Wildman–Crippen MR) is 396 cm³/mol. The Labute approximate surface area is 533 Å². The first kappa shape index (κ1) is 81.4. The van der Waals surface area contributed by atoms with Crippen molar-refractivity contribution in [3.8, 4) is 22.3 Å². The summed E-state index contributed by atoms with van der Waals surface area (Å²) in [6.07, 6.45) is 5.61. The van der Waals surface area contributed by atoms with Crippen LogP contribution in [0.1, 0.15) is 239 Å². The molecule has 8 aromatic carbocycles. The number of anilines is 2. The quantitative estimate of drug-likeness (QED) is 0.164. The third kappa shape index (κ3) is 21.9. The fraction of sp³-hybridized carbons (Fsp3) is 0.429. The van der Waals surface area contributed by atoms with Gasteiger partial charge in [-0.15, -0.1) is 0 Å². The molecule has 0 N–H and O–H groups in total. The maximum absolute atomic E-state index is 2.56. The third-order valence-electron chi connectivity index (χ3n) is 15.6. The lowest BCUT2D eigenvalue weighted by Crippen LogP contribution is -2.30. The van der Waals surface area contributed by atoms with E-state index in [1.807, 2.05) is 83.1 Å². The minimum absolute atomic E-state index is 0. The van der Waals surface area contributed by atoms with Crippen LogP contribution in [-0.2, 0) is 38.6 Å². The summed E-state index contributed by atoms with van der Waals surface area (Å²) < 4.78 is 0. The van der Waals surface area contributed by atoms with Crippen molar-refractivity contribution in [1.29, 1.82) is 0 Å². The van der Waals surface area contributed by atoms with Gasteiger partial charge >= 0.3 is 0 Å².